The molecule has 0 aliphatic carbocycles. The first kappa shape index (κ1) is 19.2. The molecule has 2 aromatic rings. The van der Waals surface area contributed by atoms with Gasteiger partial charge in [0, 0.05) is 11.4 Å². The van der Waals surface area contributed by atoms with Crippen molar-refractivity contribution in [1.82, 2.24) is 8.87 Å². The molecule has 138 valence electrons. The minimum Gasteiger partial charge on any atom is -0.305 e. The predicted molar refractivity (Wildman–Crippen MR) is 106 cm³/mol. The van der Waals surface area contributed by atoms with Crippen molar-refractivity contribution in [3.63, 3.8) is 0 Å². The number of carbonyl (C=O) groups is 1. The number of thiazole rings is 1. The van der Waals surface area contributed by atoms with E-state index in [1.54, 1.807) is 11.8 Å². The highest BCUT2D eigenvalue weighted by atomic mass is 32.2. The third kappa shape index (κ3) is 3.74. The van der Waals surface area contributed by atoms with Crippen LogP contribution in [-0.2, 0) is 21.4 Å². The maximum absolute atomic E-state index is 12.7. The molecule has 6 nitrogen and oxygen atoms in total. The van der Waals surface area contributed by atoms with Crippen LogP contribution in [0.3, 0.4) is 0 Å². The van der Waals surface area contributed by atoms with Crippen LogP contribution in [0.4, 0.5) is 0 Å². The molecular weight excluding hydrogens is 390 g/mol. The summed E-state index contributed by atoms with van der Waals surface area (Å²) in [5, 5.41) is 0. The predicted octanol–water partition coefficient (Wildman–Crippen LogP) is 1.91. The van der Waals surface area contributed by atoms with Gasteiger partial charge in [0.25, 0.3) is 5.91 Å². The molecule has 2 heterocycles. The molecule has 0 N–H and O–H groups in total. The molecule has 1 aromatic heterocycles. The summed E-state index contributed by atoms with van der Waals surface area (Å²) in [6.07, 6.45) is 9.76. The van der Waals surface area contributed by atoms with Crippen molar-refractivity contribution >= 4 is 49.2 Å². The van der Waals surface area contributed by atoms with E-state index in [1.165, 1.54) is 15.6 Å². The molecule has 1 unspecified atom stereocenters. The zero-order valence-electron chi connectivity index (χ0n) is 14.5. The van der Waals surface area contributed by atoms with Crippen molar-refractivity contribution in [2.75, 3.05) is 19.1 Å². The topological polar surface area (TPSA) is 71.7 Å². The lowest BCUT2D eigenvalue weighted by atomic mass is 10.2. The maximum Gasteiger partial charge on any atom is 0.266 e. The van der Waals surface area contributed by atoms with E-state index in [0.717, 1.165) is 21.4 Å². The Labute approximate surface area is 161 Å². The summed E-state index contributed by atoms with van der Waals surface area (Å²) in [6, 6.07) is 5.29. The van der Waals surface area contributed by atoms with Gasteiger partial charge in [-0.1, -0.05) is 17.3 Å². The number of terminal acetylenes is 1. The summed E-state index contributed by atoms with van der Waals surface area (Å²) in [7, 11) is -3.43. The van der Waals surface area contributed by atoms with Gasteiger partial charge in [0.15, 0.2) is 4.80 Å². The van der Waals surface area contributed by atoms with E-state index in [0.29, 0.717) is 30.7 Å². The minimum atomic E-state index is -3.43. The lowest BCUT2D eigenvalue weighted by molar-refractivity contribution is -0.121. The Balaban J connectivity index is 2.07. The number of nitrogens with zero attached hydrogens (tertiary/aromatic N) is 3. The third-order valence-corrected chi connectivity index (χ3v) is 7.32. The Morgan fingerprint density at radius 1 is 1.50 bits per heavy atom. The van der Waals surface area contributed by atoms with Gasteiger partial charge in [-0.3, -0.25) is 4.79 Å². The van der Waals surface area contributed by atoms with Crippen LogP contribution in [0.25, 0.3) is 10.2 Å². The highest BCUT2D eigenvalue weighted by Gasteiger charge is 2.36. The molecule has 0 saturated carbocycles. The molecule has 0 radical (unpaired) electrons. The fourth-order valence-electron chi connectivity index (χ4n) is 3.06. The monoisotopic (exact) mass is 409 g/mol. The fraction of sp³-hybridized carbons (Fsp3) is 0.412. The largest absolute Gasteiger partial charge is 0.305 e. The first-order chi connectivity index (χ1) is 12.3. The number of carbonyl (C=O) groups excluding carboxylic acids is 1. The van der Waals surface area contributed by atoms with Crippen molar-refractivity contribution in [3.8, 4) is 12.3 Å². The van der Waals surface area contributed by atoms with E-state index in [1.807, 2.05) is 29.0 Å². The molecule has 1 saturated heterocycles. The molecule has 1 fully saturated rings. The SMILES string of the molecule is C#CCn1c(=NC(=O)C2CCCN2S(C)(=O)=O)sc2cc(SC)ccc21. The number of sulfonamides is 1. The van der Waals surface area contributed by atoms with Crippen LogP contribution in [0, 0.1) is 12.3 Å². The Bertz CT molecular complexity index is 1060. The van der Waals surface area contributed by atoms with E-state index < -0.39 is 22.0 Å². The van der Waals surface area contributed by atoms with Crippen LogP contribution >= 0.6 is 23.1 Å². The summed E-state index contributed by atoms with van der Waals surface area (Å²) in [5.41, 5.74) is 0.920. The molecule has 26 heavy (non-hydrogen) atoms. The number of benzene rings is 1. The Hall–Kier alpha value is -1.60. The standard InChI is InChI=1S/C17H19N3O3S3/c1-4-9-19-13-8-7-12(24-2)11-15(13)25-17(19)18-16(21)14-6-5-10-20(14)26(3,22)23/h1,7-8,11,14H,5-6,9-10H2,2-3H3. The molecule has 1 atom stereocenters. The van der Waals surface area contributed by atoms with E-state index in [9.17, 15) is 13.2 Å². The van der Waals surface area contributed by atoms with E-state index in [2.05, 4.69) is 10.9 Å². The Morgan fingerprint density at radius 2 is 2.27 bits per heavy atom. The van der Waals surface area contributed by atoms with Crippen molar-refractivity contribution in [2.24, 2.45) is 4.99 Å². The number of hydrogen-bond donors (Lipinski definition) is 0. The summed E-state index contributed by atoms with van der Waals surface area (Å²) < 4.78 is 27.8. The van der Waals surface area contributed by atoms with E-state index in [4.69, 9.17) is 6.42 Å². The number of hydrogen-bond acceptors (Lipinski definition) is 5. The zero-order chi connectivity index (χ0) is 18.9. The molecule has 1 aromatic carbocycles. The smallest absolute Gasteiger partial charge is 0.266 e. The van der Waals surface area contributed by atoms with Gasteiger partial charge in [-0.2, -0.15) is 9.30 Å². The summed E-state index contributed by atoms with van der Waals surface area (Å²) in [6.45, 7) is 0.657. The highest BCUT2D eigenvalue weighted by Crippen LogP contribution is 2.25. The van der Waals surface area contributed by atoms with Gasteiger partial charge in [-0.25, -0.2) is 8.42 Å². The quantitative estimate of drug-likeness (QED) is 0.571. The van der Waals surface area contributed by atoms with Crippen LogP contribution in [-0.4, -0.2) is 48.3 Å². The van der Waals surface area contributed by atoms with Gasteiger partial charge in [-0.15, -0.1) is 18.2 Å². The number of thioether (sulfide) groups is 1. The normalized spacial score (nSPS) is 19.1. The van der Waals surface area contributed by atoms with Gasteiger partial charge < -0.3 is 4.57 Å². The van der Waals surface area contributed by atoms with Crippen molar-refractivity contribution in [1.29, 1.82) is 0 Å². The number of aromatic nitrogens is 1. The van der Waals surface area contributed by atoms with Gasteiger partial charge in [0.1, 0.15) is 6.04 Å². The van der Waals surface area contributed by atoms with Crippen LogP contribution in [0.5, 0.6) is 0 Å². The summed E-state index contributed by atoms with van der Waals surface area (Å²) in [4.78, 5) is 18.6. The lowest BCUT2D eigenvalue weighted by Gasteiger charge is -2.18. The van der Waals surface area contributed by atoms with Crippen molar-refractivity contribution < 1.29 is 13.2 Å². The summed E-state index contributed by atoms with van der Waals surface area (Å²) in [5.74, 6) is 2.16. The zero-order valence-corrected chi connectivity index (χ0v) is 17.0. The second-order valence-electron chi connectivity index (χ2n) is 5.99. The second kappa shape index (κ2) is 7.56. The molecule has 3 rings (SSSR count). The van der Waals surface area contributed by atoms with Crippen molar-refractivity contribution in [2.45, 2.75) is 30.3 Å². The number of fused-ring (bicyclic) bond motifs is 1. The van der Waals surface area contributed by atoms with Crippen LogP contribution < -0.4 is 4.80 Å². The minimum absolute atomic E-state index is 0.297. The van der Waals surface area contributed by atoms with Crippen molar-refractivity contribution in [3.05, 3.63) is 23.0 Å². The summed E-state index contributed by atoms with van der Waals surface area (Å²) >= 11 is 3.02. The highest BCUT2D eigenvalue weighted by molar-refractivity contribution is 7.98. The van der Waals surface area contributed by atoms with E-state index >= 15 is 0 Å². The van der Waals surface area contributed by atoms with E-state index in [-0.39, 0.29) is 0 Å². The second-order valence-corrected chi connectivity index (χ2v) is 9.81. The van der Waals surface area contributed by atoms with Crippen LogP contribution in [0.1, 0.15) is 12.8 Å². The van der Waals surface area contributed by atoms with Gasteiger partial charge in [-0.05, 0) is 37.3 Å². The number of rotatable bonds is 4. The maximum atomic E-state index is 12.7. The Morgan fingerprint density at radius 3 is 2.92 bits per heavy atom. The molecule has 9 heteroatoms. The molecule has 0 bridgehead atoms. The number of amides is 1. The van der Waals surface area contributed by atoms with Gasteiger partial charge in [0.05, 0.1) is 23.0 Å². The first-order valence-corrected chi connectivity index (χ1v) is 11.9. The first-order valence-electron chi connectivity index (χ1n) is 8.01. The molecule has 1 amide bonds. The molecule has 0 spiro atoms. The third-order valence-electron chi connectivity index (χ3n) is 4.26. The Kier molecular flexibility index (Phi) is 5.58. The van der Waals surface area contributed by atoms with Gasteiger partial charge >= 0.3 is 0 Å². The van der Waals surface area contributed by atoms with Crippen LogP contribution in [0.2, 0.25) is 0 Å². The molecule has 1 aliphatic heterocycles. The van der Waals surface area contributed by atoms with Gasteiger partial charge in [0.2, 0.25) is 10.0 Å². The molecular formula is C17H19N3O3S3. The average molecular weight is 410 g/mol. The lowest BCUT2D eigenvalue weighted by Crippen LogP contribution is -2.39. The molecule has 1 aliphatic rings. The van der Waals surface area contributed by atoms with Crippen LogP contribution in [0.15, 0.2) is 28.1 Å². The average Bonchev–Trinajstić information content (AvgIpc) is 3.20. The fourth-order valence-corrected chi connectivity index (χ4v) is 5.77.